The van der Waals surface area contributed by atoms with E-state index in [1.807, 2.05) is 48.7 Å². The number of aromatic nitrogens is 1. The first-order valence-corrected chi connectivity index (χ1v) is 13.2. The van der Waals surface area contributed by atoms with Crippen molar-refractivity contribution in [3.8, 4) is 10.6 Å². The molecule has 0 aliphatic carbocycles. The lowest BCUT2D eigenvalue weighted by Crippen LogP contribution is -2.35. The summed E-state index contributed by atoms with van der Waals surface area (Å²) in [5, 5.41) is 4.79. The molecule has 9 heteroatoms. The van der Waals surface area contributed by atoms with E-state index in [1.54, 1.807) is 28.0 Å². The number of nitrogens with one attached hydrogen (secondary N) is 1. The molecule has 3 heterocycles. The van der Waals surface area contributed by atoms with Gasteiger partial charge in [-0.2, -0.15) is 0 Å². The minimum Gasteiger partial charge on any atom is -0.453 e. The first-order chi connectivity index (χ1) is 16.1. The third kappa shape index (κ3) is 4.23. The van der Waals surface area contributed by atoms with Crippen molar-refractivity contribution in [2.45, 2.75) is 17.9 Å². The largest absolute Gasteiger partial charge is 0.453 e. The van der Waals surface area contributed by atoms with Crippen LogP contribution in [0, 0.1) is 0 Å². The summed E-state index contributed by atoms with van der Waals surface area (Å²) in [6.07, 6.45) is 2.34. The van der Waals surface area contributed by atoms with Crippen molar-refractivity contribution < 1.29 is 14.3 Å². The van der Waals surface area contributed by atoms with Gasteiger partial charge in [0.15, 0.2) is 0 Å². The van der Waals surface area contributed by atoms with Crippen LogP contribution in [0.5, 0.6) is 0 Å². The van der Waals surface area contributed by atoms with E-state index in [-0.39, 0.29) is 12.0 Å². The van der Waals surface area contributed by atoms with Crippen molar-refractivity contribution in [3.05, 3.63) is 64.5 Å². The Morgan fingerprint density at radius 1 is 1.15 bits per heavy atom. The van der Waals surface area contributed by atoms with Gasteiger partial charge in [0.1, 0.15) is 10.0 Å². The van der Waals surface area contributed by atoms with Crippen LogP contribution >= 0.6 is 34.4 Å². The molecule has 1 aliphatic heterocycles. The highest BCUT2D eigenvalue weighted by atomic mass is 32.2. The number of rotatable bonds is 4. The standard InChI is InChI=1S/C24H21N3O3S3/c1-30-24(29)27-11-10-16-19(13-27)33-23(26-21(28)14-6-5-7-15(12-14)31-2)20(16)22-25-17-8-3-4-9-18(17)32-22/h3-9,12H,10-11,13H2,1-2H3,(H,26,28). The normalized spacial score (nSPS) is 13.1. The van der Waals surface area contributed by atoms with Crippen LogP contribution in [0.25, 0.3) is 20.8 Å². The molecule has 168 valence electrons. The quantitative estimate of drug-likeness (QED) is 0.345. The Morgan fingerprint density at radius 3 is 2.79 bits per heavy atom. The van der Waals surface area contributed by atoms with Crippen LogP contribution in [0.4, 0.5) is 9.80 Å². The van der Waals surface area contributed by atoms with Crippen LogP contribution in [0.3, 0.4) is 0 Å². The lowest BCUT2D eigenvalue weighted by atomic mass is 10.0. The highest BCUT2D eigenvalue weighted by Gasteiger charge is 2.30. The van der Waals surface area contributed by atoms with Gasteiger partial charge in [0.2, 0.25) is 0 Å². The van der Waals surface area contributed by atoms with Gasteiger partial charge in [-0.25, -0.2) is 9.78 Å². The van der Waals surface area contributed by atoms with Crippen molar-refractivity contribution in [3.63, 3.8) is 0 Å². The lowest BCUT2D eigenvalue weighted by molar-refractivity contribution is 0.102. The van der Waals surface area contributed by atoms with E-state index < -0.39 is 0 Å². The second-order valence-electron chi connectivity index (χ2n) is 7.52. The monoisotopic (exact) mass is 495 g/mol. The Balaban J connectivity index is 1.56. The molecule has 0 spiro atoms. The summed E-state index contributed by atoms with van der Waals surface area (Å²) in [7, 11) is 1.40. The van der Waals surface area contributed by atoms with Gasteiger partial charge in [-0.3, -0.25) is 4.79 Å². The van der Waals surface area contributed by atoms with Gasteiger partial charge in [0.25, 0.3) is 5.91 Å². The minimum atomic E-state index is -0.338. The maximum atomic E-state index is 13.2. The summed E-state index contributed by atoms with van der Waals surface area (Å²) in [6, 6.07) is 15.6. The number of fused-ring (bicyclic) bond motifs is 2. The Labute approximate surface area is 203 Å². The second-order valence-corrected chi connectivity index (χ2v) is 10.5. The molecule has 1 aliphatic rings. The van der Waals surface area contributed by atoms with E-state index in [0.717, 1.165) is 41.1 Å². The number of hydrogen-bond acceptors (Lipinski definition) is 7. The average molecular weight is 496 g/mol. The molecule has 6 nitrogen and oxygen atoms in total. The summed E-state index contributed by atoms with van der Waals surface area (Å²) in [5.41, 5.74) is 3.66. The number of thiophene rings is 1. The highest BCUT2D eigenvalue weighted by Crippen LogP contribution is 2.45. The van der Waals surface area contributed by atoms with E-state index in [0.29, 0.717) is 25.1 Å². The zero-order chi connectivity index (χ0) is 22.9. The summed E-state index contributed by atoms with van der Waals surface area (Å²) in [6.45, 7) is 1.03. The average Bonchev–Trinajstić information content (AvgIpc) is 3.43. The SMILES string of the molecule is COC(=O)N1CCc2c(sc(NC(=O)c3cccc(SC)c3)c2-c2nc3ccccc3s2)C1. The number of benzene rings is 2. The maximum absolute atomic E-state index is 13.2. The van der Waals surface area contributed by atoms with Gasteiger partial charge in [-0.05, 0) is 48.6 Å². The molecule has 2 amide bonds. The predicted octanol–water partition coefficient (Wildman–Crippen LogP) is 6.12. The van der Waals surface area contributed by atoms with Gasteiger partial charge in [-0.1, -0.05) is 18.2 Å². The minimum absolute atomic E-state index is 0.156. The number of hydrogen-bond donors (Lipinski definition) is 1. The summed E-state index contributed by atoms with van der Waals surface area (Å²) >= 11 is 4.73. The number of carbonyl (C=O) groups excluding carboxylic acids is 2. The molecular weight excluding hydrogens is 474 g/mol. The third-order valence-corrected chi connectivity index (χ3v) is 8.47. The molecule has 0 unspecified atom stereocenters. The number of anilines is 1. The fraction of sp³-hybridized carbons (Fsp3) is 0.208. The van der Waals surface area contributed by atoms with Crippen LogP contribution in [-0.2, 0) is 17.7 Å². The third-order valence-electron chi connectivity index (χ3n) is 5.56. The Hall–Kier alpha value is -2.88. The molecule has 0 radical (unpaired) electrons. The van der Waals surface area contributed by atoms with Crippen LogP contribution in [-0.4, -0.2) is 41.8 Å². The van der Waals surface area contributed by atoms with Gasteiger partial charge in [-0.15, -0.1) is 34.4 Å². The van der Waals surface area contributed by atoms with Crippen molar-refractivity contribution >= 4 is 61.7 Å². The Morgan fingerprint density at radius 2 is 2.00 bits per heavy atom. The fourth-order valence-corrected chi connectivity index (χ4v) is 6.75. The van der Waals surface area contributed by atoms with E-state index in [2.05, 4.69) is 11.4 Å². The number of carbonyl (C=O) groups is 2. The molecule has 0 saturated heterocycles. The molecule has 33 heavy (non-hydrogen) atoms. The van der Waals surface area contributed by atoms with E-state index in [4.69, 9.17) is 9.72 Å². The summed E-state index contributed by atoms with van der Waals surface area (Å²) in [4.78, 5) is 33.9. The van der Waals surface area contributed by atoms with Gasteiger partial charge < -0.3 is 15.0 Å². The number of methoxy groups -OCH3 is 1. The van der Waals surface area contributed by atoms with Gasteiger partial charge in [0.05, 0.1) is 23.9 Å². The predicted molar refractivity (Wildman–Crippen MR) is 136 cm³/mol. The number of nitrogens with zero attached hydrogens (tertiary/aromatic N) is 2. The zero-order valence-electron chi connectivity index (χ0n) is 18.1. The van der Waals surface area contributed by atoms with Crippen LogP contribution in [0.1, 0.15) is 20.8 Å². The lowest BCUT2D eigenvalue weighted by Gasteiger charge is -2.25. The number of thioether (sulfide) groups is 1. The van der Waals surface area contributed by atoms with Crippen molar-refractivity contribution in [2.75, 3.05) is 25.2 Å². The van der Waals surface area contributed by atoms with Crippen LogP contribution < -0.4 is 5.32 Å². The molecule has 0 bridgehead atoms. The highest BCUT2D eigenvalue weighted by molar-refractivity contribution is 7.98. The van der Waals surface area contributed by atoms with Crippen molar-refractivity contribution in [2.24, 2.45) is 0 Å². The Bertz CT molecular complexity index is 1330. The zero-order valence-corrected chi connectivity index (χ0v) is 20.5. The molecule has 4 aromatic rings. The molecule has 0 atom stereocenters. The molecular formula is C24H21N3O3S3. The van der Waals surface area contributed by atoms with Gasteiger partial charge in [0, 0.05) is 27.4 Å². The molecule has 0 fully saturated rings. The van der Waals surface area contributed by atoms with Crippen LogP contribution in [0.15, 0.2) is 53.4 Å². The fourth-order valence-electron chi connectivity index (χ4n) is 3.92. The van der Waals surface area contributed by atoms with Crippen molar-refractivity contribution in [1.82, 2.24) is 9.88 Å². The number of para-hydroxylation sites is 1. The topological polar surface area (TPSA) is 71.5 Å². The first-order valence-electron chi connectivity index (χ1n) is 10.4. The molecule has 2 aromatic heterocycles. The van der Waals surface area contributed by atoms with E-state index in [1.165, 1.54) is 18.4 Å². The summed E-state index contributed by atoms with van der Waals surface area (Å²) in [5.74, 6) is -0.156. The molecule has 0 saturated carbocycles. The molecule has 5 rings (SSSR count). The van der Waals surface area contributed by atoms with E-state index >= 15 is 0 Å². The number of amides is 2. The smallest absolute Gasteiger partial charge is 0.409 e. The van der Waals surface area contributed by atoms with Crippen LogP contribution in [0.2, 0.25) is 0 Å². The number of ether oxygens (including phenoxy) is 1. The van der Waals surface area contributed by atoms with E-state index in [9.17, 15) is 9.59 Å². The maximum Gasteiger partial charge on any atom is 0.409 e. The second kappa shape index (κ2) is 9.17. The summed E-state index contributed by atoms with van der Waals surface area (Å²) < 4.78 is 6.02. The molecule has 2 aromatic carbocycles. The van der Waals surface area contributed by atoms with Crippen molar-refractivity contribution in [1.29, 1.82) is 0 Å². The van der Waals surface area contributed by atoms with Gasteiger partial charge >= 0.3 is 6.09 Å². The first kappa shape index (κ1) is 21.9. The Kier molecular flexibility index (Phi) is 6.09. The number of thiazole rings is 1. The molecule has 1 N–H and O–H groups in total.